The molecule has 0 unspecified atom stereocenters. The molecule has 0 saturated heterocycles. The summed E-state index contributed by atoms with van der Waals surface area (Å²) in [5, 5.41) is 4.24. The van der Waals surface area contributed by atoms with Crippen LogP contribution in [0, 0.1) is 0 Å². The molecule has 5 nitrogen and oxygen atoms in total. The topological polar surface area (TPSA) is 61.6 Å². The molecule has 0 aliphatic carbocycles. The molecule has 4 rings (SSSR count). The average molecular weight is 411 g/mol. The van der Waals surface area contributed by atoms with Gasteiger partial charge in [0.25, 0.3) is 0 Å². The van der Waals surface area contributed by atoms with Gasteiger partial charge in [0.15, 0.2) is 5.76 Å². The first-order valence-corrected chi connectivity index (χ1v) is 9.75. The zero-order chi connectivity index (χ0) is 21.6. The van der Waals surface area contributed by atoms with Gasteiger partial charge in [0.2, 0.25) is 0 Å². The summed E-state index contributed by atoms with van der Waals surface area (Å²) in [6.07, 6.45) is 1.37. The third-order valence-corrected chi connectivity index (χ3v) is 4.92. The predicted molar refractivity (Wildman–Crippen MR) is 120 cm³/mol. The lowest BCUT2D eigenvalue weighted by atomic mass is 9.97. The van der Waals surface area contributed by atoms with E-state index in [2.05, 4.69) is 29.4 Å². The summed E-state index contributed by atoms with van der Waals surface area (Å²) in [6.45, 7) is 0. The summed E-state index contributed by atoms with van der Waals surface area (Å²) in [5.41, 5.74) is 5.50. The number of methoxy groups -OCH3 is 2. The Morgan fingerprint density at radius 1 is 0.839 bits per heavy atom. The van der Waals surface area contributed by atoms with E-state index in [4.69, 9.17) is 14.0 Å². The Morgan fingerprint density at radius 3 is 2.19 bits per heavy atom. The van der Waals surface area contributed by atoms with Crippen molar-refractivity contribution in [1.29, 1.82) is 0 Å². The molecular weight excluding hydrogens is 390 g/mol. The number of benzene rings is 3. The van der Waals surface area contributed by atoms with Crippen LogP contribution in [0.3, 0.4) is 0 Å². The summed E-state index contributed by atoms with van der Waals surface area (Å²) in [6, 6.07) is 27.6. The maximum atomic E-state index is 12.2. The normalized spacial score (nSPS) is 11.2. The third-order valence-electron chi connectivity index (χ3n) is 4.92. The van der Waals surface area contributed by atoms with E-state index in [0.29, 0.717) is 22.6 Å². The van der Waals surface area contributed by atoms with Crippen LogP contribution in [0.5, 0.6) is 0 Å². The van der Waals surface area contributed by atoms with Gasteiger partial charge in [-0.3, -0.25) is 0 Å². The maximum Gasteiger partial charge on any atom is 0.341 e. The van der Waals surface area contributed by atoms with Crippen LogP contribution in [0.2, 0.25) is 0 Å². The zero-order valence-corrected chi connectivity index (χ0v) is 17.2. The molecule has 1 heterocycles. The molecule has 0 aliphatic rings. The summed E-state index contributed by atoms with van der Waals surface area (Å²) in [4.78, 5) is 12.2. The van der Waals surface area contributed by atoms with Crippen LogP contribution in [-0.4, -0.2) is 25.3 Å². The second kappa shape index (κ2) is 9.13. The number of hydrogen-bond acceptors (Lipinski definition) is 5. The van der Waals surface area contributed by atoms with Crippen molar-refractivity contribution in [3.05, 3.63) is 96.8 Å². The highest BCUT2D eigenvalue weighted by molar-refractivity contribution is 6.17. The highest BCUT2D eigenvalue weighted by Crippen LogP contribution is 2.32. The van der Waals surface area contributed by atoms with E-state index in [1.807, 2.05) is 60.7 Å². The van der Waals surface area contributed by atoms with E-state index in [1.54, 1.807) is 0 Å². The molecule has 154 valence electrons. The van der Waals surface area contributed by atoms with Gasteiger partial charge in [0, 0.05) is 22.8 Å². The van der Waals surface area contributed by atoms with Crippen molar-refractivity contribution in [1.82, 2.24) is 5.16 Å². The van der Waals surface area contributed by atoms with Crippen molar-refractivity contribution in [3.8, 4) is 33.7 Å². The van der Waals surface area contributed by atoms with E-state index in [0.717, 1.165) is 22.3 Å². The maximum absolute atomic E-state index is 12.2. The fourth-order valence-corrected chi connectivity index (χ4v) is 3.39. The number of carbonyl (C=O) groups is 1. The quantitative estimate of drug-likeness (QED) is 0.227. The van der Waals surface area contributed by atoms with Gasteiger partial charge in [-0.2, -0.15) is 0 Å². The van der Waals surface area contributed by atoms with Crippen LogP contribution in [-0.2, 0) is 14.3 Å². The monoisotopic (exact) mass is 411 g/mol. The minimum atomic E-state index is -0.491. The van der Waals surface area contributed by atoms with Gasteiger partial charge in [-0.05, 0) is 11.1 Å². The Labute approximate surface area is 180 Å². The van der Waals surface area contributed by atoms with Gasteiger partial charge in [-0.1, -0.05) is 84.0 Å². The number of nitrogens with zero attached hydrogens (tertiary/aromatic N) is 1. The second-order valence-corrected chi connectivity index (χ2v) is 6.82. The number of esters is 1. The van der Waals surface area contributed by atoms with E-state index in [9.17, 15) is 4.79 Å². The molecule has 0 bridgehead atoms. The van der Waals surface area contributed by atoms with E-state index in [1.165, 1.54) is 20.5 Å². The van der Waals surface area contributed by atoms with Crippen molar-refractivity contribution >= 4 is 11.5 Å². The van der Waals surface area contributed by atoms with E-state index >= 15 is 0 Å². The van der Waals surface area contributed by atoms with Crippen LogP contribution in [0.1, 0.15) is 5.56 Å². The van der Waals surface area contributed by atoms with Gasteiger partial charge < -0.3 is 14.0 Å². The van der Waals surface area contributed by atoms with Gasteiger partial charge in [0.05, 0.1) is 20.5 Å². The minimum absolute atomic E-state index is 0.303. The van der Waals surface area contributed by atoms with Crippen molar-refractivity contribution in [2.24, 2.45) is 0 Å². The largest absolute Gasteiger partial charge is 0.503 e. The molecule has 3 aromatic carbocycles. The highest BCUT2D eigenvalue weighted by atomic mass is 16.5. The van der Waals surface area contributed by atoms with Crippen LogP contribution in [0.25, 0.3) is 39.3 Å². The number of hydrogen-bond donors (Lipinski definition) is 0. The summed E-state index contributed by atoms with van der Waals surface area (Å²) >= 11 is 0. The van der Waals surface area contributed by atoms with Gasteiger partial charge in [-0.25, -0.2) is 4.79 Å². The first kappa shape index (κ1) is 20.2. The van der Waals surface area contributed by atoms with Gasteiger partial charge in [-0.15, -0.1) is 0 Å². The molecule has 0 aliphatic heterocycles. The second-order valence-electron chi connectivity index (χ2n) is 6.82. The fourth-order valence-electron chi connectivity index (χ4n) is 3.39. The molecule has 0 saturated carbocycles. The average Bonchev–Trinajstić information content (AvgIpc) is 3.33. The molecule has 0 fully saturated rings. The summed E-state index contributed by atoms with van der Waals surface area (Å²) in [7, 11) is 2.82. The molecule has 0 amide bonds. The standard InChI is InChI=1S/C26H21NO4/c1-29-17-23(26(28)30-2)21-10-6-7-11-22(21)24-16-25(31-27-24)20-14-12-19(13-15-20)18-8-4-3-5-9-18/h3-17H,1-2H3/b23-17-. The molecule has 0 N–H and O–H groups in total. The first-order valence-electron chi connectivity index (χ1n) is 9.75. The van der Waals surface area contributed by atoms with Crippen molar-refractivity contribution < 1.29 is 18.8 Å². The van der Waals surface area contributed by atoms with Crippen molar-refractivity contribution in [2.45, 2.75) is 0 Å². The Bertz CT molecular complexity index is 1210. The van der Waals surface area contributed by atoms with Crippen LogP contribution in [0.15, 0.2) is 95.7 Å². The lowest BCUT2D eigenvalue weighted by Crippen LogP contribution is -2.05. The van der Waals surface area contributed by atoms with Crippen molar-refractivity contribution in [3.63, 3.8) is 0 Å². The molecule has 0 radical (unpaired) electrons. The molecule has 31 heavy (non-hydrogen) atoms. The zero-order valence-electron chi connectivity index (χ0n) is 17.2. The molecule has 0 spiro atoms. The predicted octanol–water partition coefficient (Wildman–Crippen LogP) is 5.84. The minimum Gasteiger partial charge on any atom is -0.503 e. The fraction of sp³-hybridized carbons (Fsp3) is 0.0769. The van der Waals surface area contributed by atoms with Gasteiger partial charge >= 0.3 is 5.97 Å². The van der Waals surface area contributed by atoms with Crippen molar-refractivity contribution in [2.75, 3.05) is 14.2 Å². The number of aromatic nitrogens is 1. The lowest BCUT2D eigenvalue weighted by molar-refractivity contribution is -0.133. The molecule has 4 aromatic rings. The van der Waals surface area contributed by atoms with E-state index in [-0.39, 0.29) is 0 Å². The van der Waals surface area contributed by atoms with E-state index < -0.39 is 5.97 Å². The number of rotatable bonds is 6. The van der Waals surface area contributed by atoms with Crippen LogP contribution in [0.4, 0.5) is 0 Å². The molecule has 1 aromatic heterocycles. The molecule has 5 heteroatoms. The van der Waals surface area contributed by atoms with Gasteiger partial charge in [0.1, 0.15) is 11.3 Å². The number of ether oxygens (including phenoxy) is 2. The Hall–Kier alpha value is -4.12. The Morgan fingerprint density at radius 2 is 1.48 bits per heavy atom. The molecular formula is C26H21NO4. The summed E-state index contributed by atoms with van der Waals surface area (Å²) < 4.78 is 15.6. The smallest absolute Gasteiger partial charge is 0.341 e. The summed E-state index contributed by atoms with van der Waals surface area (Å²) in [5.74, 6) is 0.147. The Balaban J connectivity index is 1.67. The lowest BCUT2D eigenvalue weighted by Gasteiger charge is -2.09. The highest BCUT2D eigenvalue weighted by Gasteiger charge is 2.19. The first-order chi connectivity index (χ1) is 15.2. The SMILES string of the molecule is CO/C=C(\C(=O)OC)c1ccccc1-c1cc(-c2ccc(-c3ccccc3)cc2)on1. The van der Waals surface area contributed by atoms with Crippen LogP contribution < -0.4 is 0 Å². The Kier molecular flexibility index (Phi) is 5.94. The van der Waals surface area contributed by atoms with Crippen LogP contribution >= 0.6 is 0 Å². The number of carbonyl (C=O) groups excluding carboxylic acids is 1. The third kappa shape index (κ3) is 4.26. The molecule has 0 atom stereocenters.